The second-order valence-electron chi connectivity index (χ2n) is 4.35. The molecule has 1 unspecified atom stereocenters. The molecule has 4 nitrogen and oxygen atoms in total. The van der Waals surface area contributed by atoms with E-state index in [9.17, 15) is 0 Å². The van der Waals surface area contributed by atoms with Gasteiger partial charge in [0, 0.05) is 13.2 Å². The van der Waals surface area contributed by atoms with Gasteiger partial charge in [0.2, 0.25) is 0 Å². The molecule has 0 bridgehead atoms. The quantitative estimate of drug-likeness (QED) is 0.832. The van der Waals surface area contributed by atoms with Gasteiger partial charge in [0.15, 0.2) is 5.82 Å². The summed E-state index contributed by atoms with van der Waals surface area (Å²) in [5.41, 5.74) is 0. The number of hydrogen-bond acceptors (Lipinski definition) is 5. The summed E-state index contributed by atoms with van der Waals surface area (Å²) >= 11 is 1.65. The van der Waals surface area contributed by atoms with E-state index in [4.69, 9.17) is 4.74 Å². The third-order valence-corrected chi connectivity index (χ3v) is 3.72. The molecule has 0 aliphatic heterocycles. The number of ether oxygens (including phenoxy) is 1. The van der Waals surface area contributed by atoms with Crippen LogP contribution in [0, 0.1) is 0 Å². The fraction of sp³-hybridized carbons (Fsp3) is 0.571. The second-order valence-corrected chi connectivity index (χ2v) is 5.24. The van der Waals surface area contributed by atoms with Crippen molar-refractivity contribution in [1.82, 2.24) is 9.97 Å². The largest absolute Gasteiger partial charge is 0.371 e. The molecule has 2 aromatic heterocycles. The maximum absolute atomic E-state index is 5.71. The first kappa shape index (κ1) is 14.2. The fourth-order valence-corrected chi connectivity index (χ4v) is 2.74. The number of thiophene rings is 1. The van der Waals surface area contributed by atoms with Crippen molar-refractivity contribution in [2.75, 3.05) is 18.5 Å². The molecule has 0 saturated carbocycles. The van der Waals surface area contributed by atoms with Crippen LogP contribution in [-0.2, 0) is 4.74 Å². The van der Waals surface area contributed by atoms with E-state index in [2.05, 4.69) is 40.6 Å². The highest BCUT2D eigenvalue weighted by atomic mass is 32.1. The van der Waals surface area contributed by atoms with Crippen molar-refractivity contribution in [3.05, 3.63) is 17.3 Å². The standard InChI is InChI=1S/C14H21N3OS/c1-4-8-15-12-10-7-9-19-14(10)17-13(16-12)11(5-2)18-6-3/h7,9,11H,4-6,8H2,1-3H3,(H,15,16,17). The Labute approximate surface area is 118 Å². The van der Waals surface area contributed by atoms with Crippen molar-refractivity contribution in [2.24, 2.45) is 0 Å². The summed E-state index contributed by atoms with van der Waals surface area (Å²) in [5.74, 6) is 1.72. The molecule has 0 radical (unpaired) electrons. The zero-order valence-corrected chi connectivity index (χ0v) is 12.6. The third kappa shape index (κ3) is 3.22. The number of rotatable bonds is 7. The van der Waals surface area contributed by atoms with Crippen LogP contribution in [0.5, 0.6) is 0 Å². The minimum atomic E-state index is -0.0151. The topological polar surface area (TPSA) is 47.0 Å². The summed E-state index contributed by atoms with van der Waals surface area (Å²) in [5, 5.41) is 6.55. The Balaban J connectivity index is 2.38. The number of aromatic nitrogens is 2. The molecule has 0 fully saturated rings. The summed E-state index contributed by atoms with van der Waals surface area (Å²) in [4.78, 5) is 10.3. The highest BCUT2D eigenvalue weighted by Crippen LogP contribution is 2.28. The van der Waals surface area contributed by atoms with Crippen molar-refractivity contribution >= 4 is 27.4 Å². The van der Waals surface area contributed by atoms with Crippen LogP contribution >= 0.6 is 11.3 Å². The lowest BCUT2D eigenvalue weighted by Gasteiger charge is -2.15. The number of hydrogen-bond donors (Lipinski definition) is 1. The average molecular weight is 279 g/mol. The normalized spacial score (nSPS) is 12.8. The Kier molecular flexibility index (Phi) is 5.10. The Bertz CT molecular complexity index is 526. The average Bonchev–Trinajstić information content (AvgIpc) is 2.90. The van der Waals surface area contributed by atoms with Gasteiger partial charge >= 0.3 is 0 Å². The molecule has 2 aromatic rings. The van der Waals surface area contributed by atoms with E-state index >= 15 is 0 Å². The number of fused-ring (bicyclic) bond motifs is 1. The Morgan fingerprint density at radius 2 is 2.16 bits per heavy atom. The number of nitrogens with zero attached hydrogens (tertiary/aromatic N) is 2. The van der Waals surface area contributed by atoms with Crippen LogP contribution < -0.4 is 5.32 Å². The van der Waals surface area contributed by atoms with Crippen LogP contribution in [0.15, 0.2) is 11.4 Å². The van der Waals surface area contributed by atoms with Crippen molar-refractivity contribution in [2.45, 2.75) is 39.7 Å². The summed E-state index contributed by atoms with van der Waals surface area (Å²) in [6, 6.07) is 2.07. The van der Waals surface area contributed by atoms with Crippen LogP contribution in [0.2, 0.25) is 0 Å². The molecule has 0 aliphatic carbocycles. The molecular formula is C14H21N3OS. The minimum Gasteiger partial charge on any atom is -0.371 e. The van der Waals surface area contributed by atoms with Gasteiger partial charge in [0.05, 0.1) is 5.39 Å². The maximum Gasteiger partial charge on any atom is 0.161 e. The minimum absolute atomic E-state index is 0.0151. The molecule has 0 spiro atoms. The van der Waals surface area contributed by atoms with E-state index in [1.54, 1.807) is 11.3 Å². The first-order chi connectivity index (χ1) is 9.30. The van der Waals surface area contributed by atoms with Crippen molar-refractivity contribution in [1.29, 1.82) is 0 Å². The highest BCUT2D eigenvalue weighted by molar-refractivity contribution is 7.16. The van der Waals surface area contributed by atoms with Crippen molar-refractivity contribution < 1.29 is 4.74 Å². The maximum atomic E-state index is 5.71. The Morgan fingerprint density at radius 3 is 2.84 bits per heavy atom. The second kappa shape index (κ2) is 6.82. The molecule has 2 heterocycles. The molecular weight excluding hydrogens is 258 g/mol. The molecule has 1 atom stereocenters. The molecule has 2 rings (SSSR count). The fourth-order valence-electron chi connectivity index (χ4n) is 1.97. The predicted molar refractivity (Wildman–Crippen MR) is 80.9 cm³/mol. The molecule has 0 aliphatic rings. The molecule has 1 N–H and O–H groups in total. The van der Waals surface area contributed by atoms with Gasteiger partial charge < -0.3 is 10.1 Å². The summed E-state index contributed by atoms with van der Waals surface area (Å²) in [7, 11) is 0. The van der Waals surface area contributed by atoms with Crippen LogP contribution in [0.1, 0.15) is 45.5 Å². The molecule has 5 heteroatoms. The van der Waals surface area contributed by atoms with Gasteiger partial charge in [-0.25, -0.2) is 9.97 Å². The molecule has 0 saturated heterocycles. The first-order valence-corrected chi connectivity index (χ1v) is 7.78. The van der Waals surface area contributed by atoms with E-state index in [0.717, 1.165) is 41.2 Å². The first-order valence-electron chi connectivity index (χ1n) is 6.90. The van der Waals surface area contributed by atoms with Gasteiger partial charge in [0.1, 0.15) is 16.8 Å². The smallest absolute Gasteiger partial charge is 0.161 e. The highest BCUT2D eigenvalue weighted by Gasteiger charge is 2.16. The van der Waals surface area contributed by atoms with Gasteiger partial charge in [-0.2, -0.15) is 0 Å². The summed E-state index contributed by atoms with van der Waals surface area (Å²) < 4.78 is 5.71. The lowest BCUT2D eigenvalue weighted by atomic mass is 10.2. The predicted octanol–water partition coefficient (Wildman–Crippen LogP) is 4.00. The zero-order valence-electron chi connectivity index (χ0n) is 11.8. The lowest BCUT2D eigenvalue weighted by Crippen LogP contribution is -2.11. The SMILES string of the molecule is CCCNc1nc(C(CC)OCC)nc2sccc12. The van der Waals surface area contributed by atoms with Crippen LogP contribution in [0.3, 0.4) is 0 Å². The monoisotopic (exact) mass is 279 g/mol. The number of anilines is 1. The Hall–Kier alpha value is -1.20. The third-order valence-electron chi connectivity index (χ3n) is 2.91. The van der Waals surface area contributed by atoms with Gasteiger partial charge in [-0.3, -0.25) is 0 Å². The summed E-state index contributed by atoms with van der Waals surface area (Å²) in [6.45, 7) is 7.86. The van der Waals surface area contributed by atoms with E-state index < -0.39 is 0 Å². The van der Waals surface area contributed by atoms with Crippen molar-refractivity contribution in [3.8, 4) is 0 Å². The zero-order chi connectivity index (χ0) is 13.7. The van der Waals surface area contributed by atoms with E-state index in [0.29, 0.717) is 6.61 Å². The lowest BCUT2D eigenvalue weighted by molar-refractivity contribution is 0.0538. The molecule has 0 amide bonds. The van der Waals surface area contributed by atoms with Crippen LogP contribution in [0.4, 0.5) is 5.82 Å². The van der Waals surface area contributed by atoms with Gasteiger partial charge in [-0.1, -0.05) is 13.8 Å². The molecule has 0 aromatic carbocycles. The van der Waals surface area contributed by atoms with Crippen LogP contribution in [-0.4, -0.2) is 23.1 Å². The van der Waals surface area contributed by atoms with Gasteiger partial charge in [-0.05, 0) is 31.2 Å². The van der Waals surface area contributed by atoms with E-state index in [1.807, 2.05) is 6.92 Å². The van der Waals surface area contributed by atoms with Gasteiger partial charge in [-0.15, -0.1) is 11.3 Å². The van der Waals surface area contributed by atoms with Gasteiger partial charge in [0.25, 0.3) is 0 Å². The molecule has 19 heavy (non-hydrogen) atoms. The molecule has 104 valence electrons. The van der Waals surface area contributed by atoms with E-state index in [-0.39, 0.29) is 6.10 Å². The van der Waals surface area contributed by atoms with Crippen LogP contribution in [0.25, 0.3) is 10.2 Å². The van der Waals surface area contributed by atoms with Crippen molar-refractivity contribution in [3.63, 3.8) is 0 Å². The van der Waals surface area contributed by atoms with E-state index in [1.165, 1.54) is 0 Å². The number of nitrogens with one attached hydrogen (secondary N) is 1. The summed E-state index contributed by atoms with van der Waals surface area (Å²) in [6.07, 6.45) is 1.95. The Morgan fingerprint density at radius 1 is 1.32 bits per heavy atom.